The van der Waals surface area contributed by atoms with Crippen LogP contribution in [0.1, 0.15) is 12.8 Å². The minimum Gasteiger partial charge on any atom is -0.397 e. The summed E-state index contributed by atoms with van der Waals surface area (Å²) in [5.41, 5.74) is 7.57. The monoisotopic (exact) mass is 206 g/mol. The molecule has 1 aliphatic rings. The van der Waals surface area contributed by atoms with Gasteiger partial charge in [0.25, 0.3) is 0 Å². The number of nitrogens with two attached hydrogens (primary N) is 2. The van der Waals surface area contributed by atoms with Gasteiger partial charge in [-0.2, -0.15) is 0 Å². The average Bonchev–Trinajstić information content (AvgIpc) is 2.30. The van der Waals surface area contributed by atoms with Gasteiger partial charge in [0.15, 0.2) is 0 Å². The number of hydrogen-bond donors (Lipinski definition) is 3. The zero-order chi connectivity index (χ0) is 10.7. The van der Waals surface area contributed by atoms with E-state index in [2.05, 4.69) is 5.32 Å². The van der Waals surface area contributed by atoms with Crippen molar-refractivity contribution in [3.05, 3.63) is 24.3 Å². The van der Waals surface area contributed by atoms with Crippen molar-refractivity contribution < 1.29 is 0 Å². The number of piperidine rings is 1. The summed E-state index contributed by atoms with van der Waals surface area (Å²) in [5.74, 6) is 6.10. The van der Waals surface area contributed by atoms with Gasteiger partial charge in [0.2, 0.25) is 0 Å². The Hall–Kier alpha value is -1.26. The predicted octanol–water partition coefficient (Wildman–Crippen LogP) is 0.701. The van der Waals surface area contributed by atoms with E-state index in [1.807, 2.05) is 29.3 Å². The van der Waals surface area contributed by atoms with E-state index in [4.69, 9.17) is 11.6 Å². The molecule has 82 valence electrons. The van der Waals surface area contributed by atoms with Crippen LogP contribution in [-0.4, -0.2) is 19.1 Å². The Balaban J connectivity index is 2.12. The first-order valence-electron chi connectivity index (χ1n) is 5.38. The van der Waals surface area contributed by atoms with Gasteiger partial charge in [-0.05, 0) is 38.1 Å². The first kappa shape index (κ1) is 10.3. The van der Waals surface area contributed by atoms with Crippen LogP contribution < -0.4 is 21.9 Å². The van der Waals surface area contributed by atoms with Crippen LogP contribution in [0.5, 0.6) is 0 Å². The molecule has 4 heteroatoms. The van der Waals surface area contributed by atoms with Gasteiger partial charge in [-0.25, -0.2) is 5.84 Å². The summed E-state index contributed by atoms with van der Waals surface area (Å²) in [6.07, 6.45) is 2.15. The summed E-state index contributed by atoms with van der Waals surface area (Å²) < 4.78 is 0. The molecule has 0 bridgehead atoms. The molecule has 0 aliphatic carbocycles. The maximum Gasteiger partial charge on any atom is 0.0749 e. The normalized spacial score (nSPS) is 17.7. The molecule has 1 saturated heterocycles. The molecular formula is C11H18N4. The number of hydrazine groups is 1. The van der Waals surface area contributed by atoms with Crippen LogP contribution in [0.25, 0.3) is 0 Å². The molecule has 0 saturated carbocycles. The summed E-state index contributed by atoms with van der Waals surface area (Å²) in [6, 6.07) is 8.14. The first-order valence-corrected chi connectivity index (χ1v) is 5.38. The average molecular weight is 206 g/mol. The highest BCUT2D eigenvalue weighted by Gasteiger charge is 2.19. The van der Waals surface area contributed by atoms with Gasteiger partial charge < -0.3 is 16.1 Å². The lowest BCUT2D eigenvalue weighted by atomic mass is 10.1. The molecule has 1 aromatic carbocycles. The third kappa shape index (κ3) is 2.22. The largest absolute Gasteiger partial charge is 0.397 e. The third-order valence-corrected chi connectivity index (χ3v) is 2.92. The van der Waals surface area contributed by atoms with Crippen molar-refractivity contribution in [3.63, 3.8) is 0 Å². The molecule has 5 N–H and O–H groups in total. The fourth-order valence-electron chi connectivity index (χ4n) is 2.00. The maximum absolute atomic E-state index is 6.10. The highest BCUT2D eigenvalue weighted by molar-refractivity contribution is 5.66. The van der Waals surface area contributed by atoms with Gasteiger partial charge in [-0.3, -0.25) is 0 Å². The highest BCUT2D eigenvalue weighted by atomic mass is 15.4. The Bertz CT molecular complexity index is 320. The van der Waals surface area contributed by atoms with Crippen LogP contribution in [0, 0.1) is 0 Å². The number of nitrogens with one attached hydrogen (secondary N) is 1. The number of rotatable bonds is 2. The topological polar surface area (TPSA) is 67.3 Å². The molecule has 1 fully saturated rings. The van der Waals surface area contributed by atoms with E-state index in [1.54, 1.807) is 0 Å². The lowest BCUT2D eigenvalue weighted by molar-refractivity contribution is 0.433. The number of anilines is 2. The van der Waals surface area contributed by atoms with E-state index < -0.39 is 0 Å². The molecule has 1 aromatic rings. The second-order valence-electron chi connectivity index (χ2n) is 3.95. The quantitative estimate of drug-likeness (QED) is 0.378. The van der Waals surface area contributed by atoms with Crippen LogP contribution in [0.4, 0.5) is 11.4 Å². The Morgan fingerprint density at radius 1 is 1.20 bits per heavy atom. The van der Waals surface area contributed by atoms with Gasteiger partial charge in [-0.1, -0.05) is 12.1 Å². The van der Waals surface area contributed by atoms with Crippen molar-refractivity contribution in [1.29, 1.82) is 0 Å². The number of para-hydroxylation sites is 2. The number of nitrogens with zero attached hydrogens (tertiary/aromatic N) is 1. The SMILES string of the molecule is Nc1ccccc1N(N)C1CCNCC1. The molecule has 1 heterocycles. The fraction of sp³-hybridized carbons (Fsp3) is 0.455. The van der Waals surface area contributed by atoms with Gasteiger partial charge in [-0.15, -0.1) is 0 Å². The molecular weight excluding hydrogens is 188 g/mol. The minimum atomic E-state index is 0.399. The summed E-state index contributed by atoms with van der Waals surface area (Å²) in [7, 11) is 0. The second kappa shape index (κ2) is 4.51. The van der Waals surface area contributed by atoms with E-state index >= 15 is 0 Å². The van der Waals surface area contributed by atoms with Crippen LogP contribution in [0.15, 0.2) is 24.3 Å². The Morgan fingerprint density at radius 2 is 1.87 bits per heavy atom. The Kier molecular flexibility index (Phi) is 3.08. The molecule has 0 radical (unpaired) electrons. The minimum absolute atomic E-state index is 0.399. The van der Waals surface area contributed by atoms with Gasteiger partial charge in [0, 0.05) is 6.04 Å². The summed E-state index contributed by atoms with van der Waals surface area (Å²) in [6.45, 7) is 2.07. The molecule has 0 aromatic heterocycles. The zero-order valence-electron chi connectivity index (χ0n) is 8.82. The summed E-state index contributed by atoms with van der Waals surface area (Å²) >= 11 is 0. The predicted molar refractivity (Wildman–Crippen MR) is 63.4 cm³/mol. The van der Waals surface area contributed by atoms with Crippen LogP contribution >= 0.6 is 0 Å². The van der Waals surface area contributed by atoms with E-state index in [-0.39, 0.29) is 0 Å². The van der Waals surface area contributed by atoms with Crippen molar-refractivity contribution in [3.8, 4) is 0 Å². The highest BCUT2D eigenvalue weighted by Crippen LogP contribution is 2.24. The van der Waals surface area contributed by atoms with Crippen LogP contribution in [0.3, 0.4) is 0 Å². The Labute approximate surface area is 90.2 Å². The number of nitrogen functional groups attached to an aromatic ring is 1. The van der Waals surface area contributed by atoms with Crippen molar-refractivity contribution in [1.82, 2.24) is 5.32 Å². The van der Waals surface area contributed by atoms with Crippen molar-refractivity contribution >= 4 is 11.4 Å². The van der Waals surface area contributed by atoms with E-state index in [1.165, 1.54) is 0 Å². The van der Waals surface area contributed by atoms with E-state index in [0.29, 0.717) is 6.04 Å². The van der Waals surface area contributed by atoms with Crippen LogP contribution in [0.2, 0.25) is 0 Å². The third-order valence-electron chi connectivity index (χ3n) is 2.92. The van der Waals surface area contributed by atoms with Crippen molar-refractivity contribution in [2.45, 2.75) is 18.9 Å². The molecule has 2 rings (SSSR count). The van der Waals surface area contributed by atoms with Gasteiger partial charge in [0.1, 0.15) is 0 Å². The number of hydrogen-bond acceptors (Lipinski definition) is 4. The smallest absolute Gasteiger partial charge is 0.0749 e. The molecule has 1 aliphatic heterocycles. The van der Waals surface area contributed by atoms with Gasteiger partial charge >= 0.3 is 0 Å². The van der Waals surface area contributed by atoms with Crippen molar-refractivity contribution in [2.75, 3.05) is 23.8 Å². The molecule has 0 amide bonds. The van der Waals surface area contributed by atoms with E-state index in [0.717, 1.165) is 37.3 Å². The van der Waals surface area contributed by atoms with Crippen LogP contribution in [-0.2, 0) is 0 Å². The molecule has 0 spiro atoms. The lowest BCUT2D eigenvalue weighted by Gasteiger charge is -2.33. The maximum atomic E-state index is 6.10. The zero-order valence-corrected chi connectivity index (χ0v) is 8.82. The van der Waals surface area contributed by atoms with Gasteiger partial charge in [0.05, 0.1) is 11.4 Å². The Morgan fingerprint density at radius 3 is 2.53 bits per heavy atom. The lowest BCUT2D eigenvalue weighted by Crippen LogP contribution is -2.47. The number of benzene rings is 1. The van der Waals surface area contributed by atoms with E-state index in [9.17, 15) is 0 Å². The molecule has 4 nitrogen and oxygen atoms in total. The summed E-state index contributed by atoms with van der Waals surface area (Å²) in [4.78, 5) is 0. The fourth-order valence-corrected chi connectivity index (χ4v) is 2.00. The molecule has 0 atom stereocenters. The van der Waals surface area contributed by atoms with Crippen molar-refractivity contribution in [2.24, 2.45) is 5.84 Å². The summed E-state index contributed by atoms with van der Waals surface area (Å²) in [5, 5.41) is 5.14. The second-order valence-corrected chi connectivity index (χ2v) is 3.95. The molecule has 15 heavy (non-hydrogen) atoms. The first-order chi connectivity index (χ1) is 7.29. The standard InChI is InChI=1S/C11H18N4/c12-10-3-1-2-4-11(10)15(13)9-5-7-14-8-6-9/h1-4,9,14H,5-8,12-13H2. The molecule has 0 unspecified atom stereocenters.